The topological polar surface area (TPSA) is 47.6 Å². The van der Waals surface area contributed by atoms with E-state index in [1.807, 2.05) is 24.3 Å². The van der Waals surface area contributed by atoms with Crippen molar-refractivity contribution in [1.82, 2.24) is 0 Å². The molecule has 120 valence electrons. The molecule has 1 aliphatic carbocycles. The lowest BCUT2D eigenvalue weighted by Crippen LogP contribution is -2.24. The van der Waals surface area contributed by atoms with Gasteiger partial charge in [-0.2, -0.15) is 0 Å². The monoisotopic (exact) mass is 303 g/mol. The molecule has 1 aromatic rings. The molecule has 3 rings (SSSR count). The maximum absolute atomic E-state index is 12.3. The first-order chi connectivity index (χ1) is 10.8. The van der Waals surface area contributed by atoms with Crippen LogP contribution in [0.3, 0.4) is 0 Å². The van der Waals surface area contributed by atoms with Crippen molar-refractivity contribution >= 4 is 11.6 Å². The minimum absolute atomic E-state index is 0.149. The second-order valence-electron chi connectivity index (χ2n) is 6.30. The van der Waals surface area contributed by atoms with Gasteiger partial charge in [-0.1, -0.05) is 25.3 Å². The largest absolute Gasteiger partial charge is 0.491 e. The zero-order valence-electron chi connectivity index (χ0n) is 13.1. The molecule has 0 spiro atoms. The van der Waals surface area contributed by atoms with Gasteiger partial charge in [0.05, 0.1) is 6.10 Å². The van der Waals surface area contributed by atoms with Crippen LogP contribution >= 0.6 is 0 Å². The van der Waals surface area contributed by atoms with Crippen molar-refractivity contribution in [2.75, 3.05) is 18.5 Å². The third kappa shape index (κ3) is 4.23. The summed E-state index contributed by atoms with van der Waals surface area (Å²) in [7, 11) is 0. The van der Waals surface area contributed by atoms with Crippen LogP contribution in [0.2, 0.25) is 0 Å². The van der Waals surface area contributed by atoms with Crippen LogP contribution in [0.1, 0.15) is 44.9 Å². The molecular weight excluding hydrogens is 278 g/mol. The van der Waals surface area contributed by atoms with Gasteiger partial charge < -0.3 is 14.8 Å². The average Bonchev–Trinajstić information content (AvgIpc) is 3.08. The Bertz CT molecular complexity index is 491. The Balaban J connectivity index is 1.52. The van der Waals surface area contributed by atoms with Crippen molar-refractivity contribution < 1.29 is 14.3 Å². The lowest BCUT2D eigenvalue weighted by molar-refractivity contribution is -0.120. The Kier molecular flexibility index (Phi) is 5.33. The molecule has 1 saturated heterocycles. The SMILES string of the molecule is O=C(Nc1cccc(OC[C@H]2CCCO2)c1)C1CCCCC1. The molecule has 0 bridgehead atoms. The van der Waals surface area contributed by atoms with Crippen LogP contribution in [0, 0.1) is 5.92 Å². The lowest BCUT2D eigenvalue weighted by atomic mass is 9.88. The number of hydrogen-bond acceptors (Lipinski definition) is 3. The zero-order valence-corrected chi connectivity index (χ0v) is 13.1. The van der Waals surface area contributed by atoms with Crippen molar-refractivity contribution in [3.63, 3.8) is 0 Å². The summed E-state index contributed by atoms with van der Waals surface area (Å²) in [4.78, 5) is 12.3. The summed E-state index contributed by atoms with van der Waals surface area (Å²) in [6, 6.07) is 7.65. The van der Waals surface area contributed by atoms with E-state index in [0.29, 0.717) is 6.61 Å². The van der Waals surface area contributed by atoms with Crippen LogP contribution in [0.4, 0.5) is 5.69 Å². The molecule has 0 unspecified atom stereocenters. The Labute approximate surface area is 132 Å². The van der Waals surface area contributed by atoms with Crippen LogP contribution in [0.25, 0.3) is 0 Å². The lowest BCUT2D eigenvalue weighted by Gasteiger charge is -2.21. The number of nitrogens with one attached hydrogen (secondary N) is 1. The van der Waals surface area contributed by atoms with E-state index < -0.39 is 0 Å². The van der Waals surface area contributed by atoms with Gasteiger partial charge in [0.25, 0.3) is 0 Å². The van der Waals surface area contributed by atoms with E-state index in [-0.39, 0.29) is 17.9 Å². The normalized spacial score (nSPS) is 22.5. The van der Waals surface area contributed by atoms with Crippen LogP contribution in [0.15, 0.2) is 24.3 Å². The number of carbonyl (C=O) groups excluding carboxylic acids is 1. The van der Waals surface area contributed by atoms with Crippen LogP contribution in [-0.4, -0.2) is 25.2 Å². The third-order valence-electron chi connectivity index (χ3n) is 4.54. The van der Waals surface area contributed by atoms with Gasteiger partial charge in [0.15, 0.2) is 0 Å². The maximum atomic E-state index is 12.3. The van der Waals surface area contributed by atoms with Gasteiger partial charge in [-0.05, 0) is 37.8 Å². The molecule has 4 nitrogen and oxygen atoms in total. The van der Waals surface area contributed by atoms with Gasteiger partial charge >= 0.3 is 0 Å². The molecule has 4 heteroatoms. The highest BCUT2D eigenvalue weighted by Gasteiger charge is 2.21. The minimum Gasteiger partial charge on any atom is -0.491 e. The highest BCUT2D eigenvalue weighted by Crippen LogP contribution is 2.26. The number of amides is 1. The van der Waals surface area contributed by atoms with Crippen molar-refractivity contribution in [1.29, 1.82) is 0 Å². The smallest absolute Gasteiger partial charge is 0.227 e. The van der Waals surface area contributed by atoms with Crippen molar-refractivity contribution in [2.45, 2.75) is 51.0 Å². The van der Waals surface area contributed by atoms with Crippen molar-refractivity contribution in [3.05, 3.63) is 24.3 Å². The fraction of sp³-hybridized carbons (Fsp3) is 0.611. The molecule has 1 N–H and O–H groups in total. The number of rotatable bonds is 5. The molecule has 22 heavy (non-hydrogen) atoms. The standard InChI is InChI=1S/C18H25NO3/c20-18(14-6-2-1-3-7-14)19-15-8-4-9-16(12-15)22-13-17-10-5-11-21-17/h4,8-9,12,14,17H,1-3,5-7,10-11,13H2,(H,19,20)/t17-/m1/s1. The molecule has 1 aliphatic heterocycles. The summed E-state index contributed by atoms with van der Waals surface area (Å²) in [5.41, 5.74) is 0.820. The van der Waals surface area contributed by atoms with Crippen LogP contribution < -0.4 is 10.1 Å². The van der Waals surface area contributed by atoms with Gasteiger partial charge in [-0.3, -0.25) is 4.79 Å². The second kappa shape index (κ2) is 7.63. The first-order valence-electron chi connectivity index (χ1n) is 8.46. The third-order valence-corrected chi connectivity index (χ3v) is 4.54. The number of anilines is 1. The van der Waals surface area contributed by atoms with E-state index in [1.54, 1.807) is 0 Å². The van der Waals surface area contributed by atoms with E-state index in [1.165, 1.54) is 19.3 Å². The van der Waals surface area contributed by atoms with E-state index in [0.717, 1.165) is 43.7 Å². The highest BCUT2D eigenvalue weighted by molar-refractivity contribution is 5.92. The summed E-state index contributed by atoms with van der Waals surface area (Å²) in [6.45, 7) is 1.42. The first kappa shape index (κ1) is 15.3. The maximum Gasteiger partial charge on any atom is 0.227 e. The molecule has 0 radical (unpaired) electrons. The predicted molar refractivity (Wildman–Crippen MR) is 86.1 cm³/mol. The fourth-order valence-electron chi connectivity index (χ4n) is 3.24. The number of hydrogen-bond donors (Lipinski definition) is 1. The number of ether oxygens (including phenoxy) is 2. The molecule has 2 aliphatic rings. The quantitative estimate of drug-likeness (QED) is 0.901. The molecule has 1 aromatic carbocycles. The minimum atomic E-state index is 0.149. The number of carbonyl (C=O) groups is 1. The summed E-state index contributed by atoms with van der Waals surface area (Å²) in [5, 5.41) is 3.03. The van der Waals surface area contributed by atoms with E-state index in [2.05, 4.69) is 5.32 Å². The van der Waals surface area contributed by atoms with E-state index in [4.69, 9.17) is 9.47 Å². The second-order valence-corrected chi connectivity index (χ2v) is 6.30. The predicted octanol–water partition coefficient (Wildman–Crippen LogP) is 3.76. The molecular formula is C18H25NO3. The van der Waals surface area contributed by atoms with Gasteiger partial charge in [0, 0.05) is 24.3 Å². The van der Waals surface area contributed by atoms with Gasteiger partial charge in [-0.25, -0.2) is 0 Å². The molecule has 1 amide bonds. The van der Waals surface area contributed by atoms with Crippen LogP contribution in [0.5, 0.6) is 5.75 Å². The summed E-state index contributed by atoms with van der Waals surface area (Å²) in [6.07, 6.45) is 8.02. The Morgan fingerprint density at radius 3 is 2.82 bits per heavy atom. The van der Waals surface area contributed by atoms with Crippen molar-refractivity contribution in [3.8, 4) is 5.75 Å². The zero-order chi connectivity index (χ0) is 15.2. The Hall–Kier alpha value is -1.55. The van der Waals surface area contributed by atoms with E-state index >= 15 is 0 Å². The highest BCUT2D eigenvalue weighted by atomic mass is 16.5. The first-order valence-corrected chi connectivity index (χ1v) is 8.46. The number of benzene rings is 1. The fourth-order valence-corrected chi connectivity index (χ4v) is 3.24. The average molecular weight is 303 g/mol. The van der Waals surface area contributed by atoms with Gasteiger partial charge in [0.1, 0.15) is 12.4 Å². The van der Waals surface area contributed by atoms with E-state index in [9.17, 15) is 4.79 Å². The Morgan fingerprint density at radius 2 is 2.05 bits per heavy atom. The molecule has 0 aromatic heterocycles. The Morgan fingerprint density at radius 1 is 1.18 bits per heavy atom. The van der Waals surface area contributed by atoms with Gasteiger partial charge in [-0.15, -0.1) is 0 Å². The summed E-state index contributed by atoms with van der Waals surface area (Å²) in [5.74, 6) is 1.11. The summed E-state index contributed by atoms with van der Waals surface area (Å²) < 4.78 is 11.3. The van der Waals surface area contributed by atoms with Crippen LogP contribution in [-0.2, 0) is 9.53 Å². The van der Waals surface area contributed by atoms with Gasteiger partial charge in [0.2, 0.25) is 5.91 Å². The molecule has 2 fully saturated rings. The van der Waals surface area contributed by atoms with Crippen molar-refractivity contribution in [2.24, 2.45) is 5.92 Å². The molecule has 1 atom stereocenters. The molecule has 1 saturated carbocycles. The summed E-state index contributed by atoms with van der Waals surface area (Å²) >= 11 is 0. The molecule has 1 heterocycles.